The summed E-state index contributed by atoms with van der Waals surface area (Å²) in [6.07, 6.45) is 0.275. The number of esters is 1. The Labute approximate surface area is 84.0 Å². The molecule has 0 aromatic rings. The first-order chi connectivity index (χ1) is 6.40. The average Bonchev–Trinajstić information content (AvgIpc) is 2.10. The Morgan fingerprint density at radius 3 is 2.43 bits per heavy atom. The molecule has 5 nitrogen and oxygen atoms in total. The van der Waals surface area contributed by atoms with Gasteiger partial charge in [-0.05, 0) is 13.8 Å². The van der Waals surface area contributed by atoms with Crippen LogP contribution in [0.5, 0.6) is 0 Å². The number of methoxy groups -OCH3 is 1. The van der Waals surface area contributed by atoms with E-state index in [4.69, 9.17) is 5.73 Å². The van der Waals surface area contributed by atoms with E-state index in [2.05, 4.69) is 10.1 Å². The third kappa shape index (κ3) is 4.81. The highest BCUT2D eigenvalue weighted by atomic mass is 16.5. The molecular weight excluding hydrogens is 184 g/mol. The van der Waals surface area contributed by atoms with E-state index in [0.29, 0.717) is 13.1 Å². The van der Waals surface area contributed by atoms with E-state index >= 15 is 0 Å². The lowest BCUT2D eigenvalue weighted by atomic mass is 9.94. The summed E-state index contributed by atoms with van der Waals surface area (Å²) in [5.41, 5.74) is 4.38. The van der Waals surface area contributed by atoms with Gasteiger partial charge in [0.1, 0.15) is 0 Å². The number of carbonyl (C=O) groups excluding carboxylic acids is 2. The van der Waals surface area contributed by atoms with Crippen molar-refractivity contribution in [3.05, 3.63) is 0 Å². The van der Waals surface area contributed by atoms with Crippen molar-refractivity contribution in [2.24, 2.45) is 11.1 Å². The molecule has 82 valence electrons. The van der Waals surface area contributed by atoms with Crippen molar-refractivity contribution in [2.75, 3.05) is 20.2 Å². The van der Waals surface area contributed by atoms with E-state index in [0.717, 1.165) is 0 Å². The lowest BCUT2D eigenvalue weighted by Gasteiger charge is -2.21. The van der Waals surface area contributed by atoms with E-state index in [1.165, 1.54) is 7.11 Å². The smallest absolute Gasteiger partial charge is 0.312 e. The van der Waals surface area contributed by atoms with Crippen molar-refractivity contribution in [2.45, 2.75) is 20.3 Å². The van der Waals surface area contributed by atoms with E-state index < -0.39 is 5.41 Å². The molecule has 0 fully saturated rings. The van der Waals surface area contributed by atoms with Crippen LogP contribution in [0, 0.1) is 5.41 Å². The monoisotopic (exact) mass is 202 g/mol. The van der Waals surface area contributed by atoms with Crippen molar-refractivity contribution in [1.82, 2.24) is 5.32 Å². The van der Waals surface area contributed by atoms with Gasteiger partial charge in [-0.15, -0.1) is 0 Å². The molecule has 0 aliphatic heterocycles. The van der Waals surface area contributed by atoms with Crippen LogP contribution >= 0.6 is 0 Å². The van der Waals surface area contributed by atoms with Crippen molar-refractivity contribution in [3.63, 3.8) is 0 Å². The lowest BCUT2D eigenvalue weighted by molar-refractivity contribution is -0.150. The molecule has 0 bridgehead atoms. The zero-order chi connectivity index (χ0) is 11.2. The van der Waals surface area contributed by atoms with Crippen molar-refractivity contribution in [3.8, 4) is 0 Å². The van der Waals surface area contributed by atoms with Crippen molar-refractivity contribution >= 4 is 11.9 Å². The first kappa shape index (κ1) is 12.9. The predicted octanol–water partition coefficient (Wildman–Crippen LogP) is -0.349. The minimum Gasteiger partial charge on any atom is -0.469 e. The molecule has 0 aromatic heterocycles. The number of carbonyl (C=O) groups is 2. The normalized spacial score (nSPS) is 11.1. The summed E-state index contributed by atoms with van der Waals surface area (Å²) in [4.78, 5) is 21.6. The topological polar surface area (TPSA) is 81.4 Å². The van der Waals surface area contributed by atoms with Gasteiger partial charge in [0.05, 0.1) is 12.5 Å². The molecule has 0 saturated carbocycles. The second kappa shape index (κ2) is 5.59. The number of rotatable bonds is 6. The third-order valence-corrected chi connectivity index (χ3v) is 1.85. The molecule has 0 aromatic carbocycles. The Bertz CT molecular complexity index is 214. The maximum Gasteiger partial charge on any atom is 0.312 e. The van der Waals surface area contributed by atoms with Crippen LogP contribution in [0.2, 0.25) is 0 Å². The Kier molecular flexibility index (Phi) is 5.15. The minimum absolute atomic E-state index is 0.274. The van der Waals surface area contributed by atoms with Crippen LogP contribution in [-0.2, 0) is 14.3 Å². The highest BCUT2D eigenvalue weighted by molar-refractivity contribution is 5.76. The number of hydrogen-bond acceptors (Lipinski definition) is 4. The SMILES string of the molecule is COC(=O)C(C)(C)CNCCC(N)=O. The summed E-state index contributed by atoms with van der Waals surface area (Å²) < 4.78 is 4.62. The summed E-state index contributed by atoms with van der Waals surface area (Å²) in [5, 5.41) is 2.97. The van der Waals surface area contributed by atoms with Crippen LogP contribution in [-0.4, -0.2) is 32.1 Å². The molecule has 5 heteroatoms. The second-order valence-electron chi connectivity index (χ2n) is 3.77. The zero-order valence-corrected chi connectivity index (χ0v) is 8.92. The minimum atomic E-state index is -0.577. The highest BCUT2D eigenvalue weighted by Crippen LogP contribution is 2.14. The van der Waals surface area contributed by atoms with Crippen LogP contribution in [0.25, 0.3) is 0 Å². The Morgan fingerprint density at radius 2 is 2.00 bits per heavy atom. The van der Waals surface area contributed by atoms with Crippen LogP contribution in [0.15, 0.2) is 0 Å². The van der Waals surface area contributed by atoms with Gasteiger partial charge in [-0.1, -0.05) is 0 Å². The van der Waals surface area contributed by atoms with Gasteiger partial charge in [-0.3, -0.25) is 9.59 Å². The van der Waals surface area contributed by atoms with E-state index in [1.54, 1.807) is 13.8 Å². The summed E-state index contributed by atoms with van der Waals surface area (Å²) in [7, 11) is 1.35. The number of hydrogen-bond donors (Lipinski definition) is 2. The molecule has 0 spiro atoms. The summed E-state index contributed by atoms with van der Waals surface area (Å²) in [6, 6.07) is 0. The fraction of sp³-hybridized carbons (Fsp3) is 0.778. The number of nitrogens with two attached hydrogens (primary N) is 1. The van der Waals surface area contributed by atoms with Gasteiger partial charge < -0.3 is 15.8 Å². The fourth-order valence-corrected chi connectivity index (χ4v) is 0.961. The van der Waals surface area contributed by atoms with Gasteiger partial charge in [0, 0.05) is 19.5 Å². The quantitative estimate of drug-likeness (QED) is 0.455. The molecular formula is C9H18N2O3. The van der Waals surface area contributed by atoms with Crippen LogP contribution < -0.4 is 11.1 Å². The predicted molar refractivity (Wildman–Crippen MR) is 52.5 cm³/mol. The van der Waals surface area contributed by atoms with Gasteiger partial charge in [-0.25, -0.2) is 0 Å². The standard InChI is InChI=1S/C9H18N2O3/c1-9(2,8(13)14-3)6-11-5-4-7(10)12/h11H,4-6H2,1-3H3,(H2,10,12). The molecule has 0 radical (unpaired) electrons. The second-order valence-corrected chi connectivity index (χ2v) is 3.77. The van der Waals surface area contributed by atoms with Gasteiger partial charge in [0.2, 0.25) is 5.91 Å². The first-order valence-corrected chi connectivity index (χ1v) is 4.47. The van der Waals surface area contributed by atoms with Gasteiger partial charge in [0.25, 0.3) is 0 Å². The molecule has 0 heterocycles. The molecule has 0 aliphatic rings. The molecule has 0 unspecified atom stereocenters. The summed E-state index contributed by atoms with van der Waals surface area (Å²) in [5.74, 6) is -0.627. The maximum absolute atomic E-state index is 11.2. The van der Waals surface area contributed by atoms with Gasteiger partial charge >= 0.3 is 5.97 Å². The molecule has 1 amide bonds. The van der Waals surface area contributed by atoms with Gasteiger partial charge in [-0.2, -0.15) is 0 Å². The van der Waals surface area contributed by atoms with E-state index in [1.807, 2.05) is 0 Å². The molecule has 0 saturated heterocycles. The molecule has 0 aliphatic carbocycles. The van der Waals surface area contributed by atoms with Crippen molar-refractivity contribution < 1.29 is 14.3 Å². The largest absolute Gasteiger partial charge is 0.469 e. The molecule has 3 N–H and O–H groups in total. The van der Waals surface area contributed by atoms with Crippen LogP contribution in [0.3, 0.4) is 0 Å². The zero-order valence-electron chi connectivity index (χ0n) is 8.92. The van der Waals surface area contributed by atoms with E-state index in [9.17, 15) is 9.59 Å². The molecule has 14 heavy (non-hydrogen) atoms. The molecule has 0 rings (SSSR count). The lowest BCUT2D eigenvalue weighted by Crippen LogP contribution is -2.38. The van der Waals surface area contributed by atoms with E-state index in [-0.39, 0.29) is 18.3 Å². The van der Waals surface area contributed by atoms with Crippen molar-refractivity contribution in [1.29, 1.82) is 0 Å². The Morgan fingerprint density at radius 1 is 1.43 bits per heavy atom. The first-order valence-electron chi connectivity index (χ1n) is 4.47. The molecule has 0 atom stereocenters. The fourth-order valence-electron chi connectivity index (χ4n) is 0.961. The van der Waals surface area contributed by atoms with Crippen LogP contribution in [0.1, 0.15) is 20.3 Å². The van der Waals surface area contributed by atoms with Crippen LogP contribution in [0.4, 0.5) is 0 Å². The summed E-state index contributed by atoms with van der Waals surface area (Å²) in [6.45, 7) is 4.49. The van der Waals surface area contributed by atoms with Gasteiger partial charge in [0.15, 0.2) is 0 Å². The maximum atomic E-state index is 11.2. The number of amides is 1. The summed E-state index contributed by atoms with van der Waals surface area (Å²) >= 11 is 0. The Balaban J connectivity index is 3.76. The number of primary amides is 1. The average molecular weight is 202 g/mol. The number of nitrogens with one attached hydrogen (secondary N) is 1. The number of ether oxygens (including phenoxy) is 1. The third-order valence-electron chi connectivity index (χ3n) is 1.85. The Hall–Kier alpha value is -1.10. The highest BCUT2D eigenvalue weighted by Gasteiger charge is 2.27.